The summed E-state index contributed by atoms with van der Waals surface area (Å²) in [5.41, 5.74) is 1.43. The van der Waals surface area contributed by atoms with Crippen molar-refractivity contribution in [1.29, 1.82) is 0 Å². The van der Waals surface area contributed by atoms with Gasteiger partial charge in [-0.25, -0.2) is 0 Å². The Morgan fingerprint density at radius 2 is 2.53 bits per heavy atom. The van der Waals surface area contributed by atoms with E-state index in [9.17, 15) is 4.79 Å². The minimum atomic E-state index is -0.136. The van der Waals surface area contributed by atoms with Gasteiger partial charge in [0, 0.05) is 18.8 Å². The van der Waals surface area contributed by atoms with Gasteiger partial charge < -0.3 is 10.1 Å². The maximum atomic E-state index is 11.8. The number of hydrogen-bond acceptors (Lipinski definition) is 3. The lowest BCUT2D eigenvalue weighted by Crippen LogP contribution is -2.31. The summed E-state index contributed by atoms with van der Waals surface area (Å²) in [6.45, 7) is 5.49. The molecule has 2 rings (SSSR count). The fourth-order valence-corrected chi connectivity index (χ4v) is 1.85. The Hall–Kier alpha value is -1.36. The Bertz CT molecular complexity index is 381. The molecular weight excluding hydrogens is 218 g/mol. The fourth-order valence-electron chi connectivity index (χ4n) is 1.85. The standard InChI is InChI=1S/C12H19N3O2/c1-8(2)10-6-11(15-14-10)12(16)13-7-9-4-3-5-17-9/h6,8-9H,3-5,7H2,1-2H3,(H,13,16)(H,14,15). The molecule has 5 heteroatoms. The van der Waals surface area contributed by atoms with Gasteiger partial charge in [-0.05, 0) is 24.8 Å². The number of ether oxygens (including phenoxy) is 1. The zero-order valence-electron chi connectivity index (χ0n) is 10.3. The number of rotatable bonds is 4. The summed E-state index contributed by atoms with van der Waals surface area (Å²) in [6, 6.07) is 1.80. The molecule has 94 valence electrons. The monoisotopic (exact) mass is 237 g/mol. The molecule has 1 fully saturated rings. The molecule has 1 aliphatic rings. The molecule has 0 aromatic carbocycles. The first kappa shape index (κ1) is 12.1. The second-order valence-corrected chi connectivity index (χ2v) is 4.71. The van der Waals surface area contributed by atoms with E-state index in [-0.39, 0.29) is 12.0 Å². The Labute approximate surface area is 101 Å². The van der Waals surface area contributed by atoms with E-state index in [0.29, 0.717) is 18.2 Å². The van der Waals surface area contributed by atoms with Crippen LogP contribution in [-0.2, 0) is 4.74 Å². The summed E-state index contributed by atoms with van der Waals surface area (Å²) in [4.78, 5) is 11.8. The highest BCUT2D eigenvalue weighted by Crippen LogP contribution is 2.13. The number of carbonyl (C=O) groups is 1. The van der Waals surface area contributed by atoms with E-state index in [4.69, 9.17) is 4.74 Å². The van der Waals surface area contributed by atoms with Crippen molar-refractivity contribution in [2.75, 3.05) is 13.2 Å². The third kappa shape index (κ3) is 3.06. The number of hydrogen-bond donors (Lipinski definition) is 2. The summed E-state index contributed by atoms with van der Waals surface area (Å²) in [6.07, 6.45) is 2.28. The normalized spacial score (nSPS) is 19.8. The van der Waals surface area contributed by atoms with Gasteiger partial charge >= 0.3 is 0 Å². The molecule has 2 heterocycles. The number of nitrogens with zero attached hydrogens (tertiary/aromatic N) is 1. The van der Waals surface area contributed by atoms with Crippen LogP contribution in [0.3, 0.4) is 0 Å². The van der Waals surface area contributed by atoms with Crippen LogP contribution >= 0.6 is 0 Å². The summed E-state index contributed by atoms with van der Waals surface area (Å²) in [5.74, 6) is 0.214. The van der Waals surface area contributed by atoms with E-state index in [0.717, 1.165) is 25.1 Å². The second-order valence-electron chi connectivity index (χ2n) is 4.71. The van der Waals surface area contributed by atoms with Crippen LogP contribution < -0.4 is 5.32 Å². The van der Waals surface area contributed by atoms with Crippen molar-refractivity contribution in [3.63, 3.8) is 0 Å². The Kier molecular flexibility index (Phi) is 3.78. The highest BCUT2D eigenvalue weighted by Gasteiger charge is 2.18. The van der Waals surface area contributed by atoms with E-state index < -0.39 is 0 Å². The molecule has 0 saturated carbocycles. The van der Waals surface area contributed by atoms with E-state index in [1.165, 1.54) is 0 Å². The Balaban J connectivity index is 1.85. The summed E-state index contributed by atoms with van der Waals surface area (Å²) < 4.78 is 5.44. The van der Waals surface area contributed by atoms with E-state index >= 15 is 0 Å². The quantitative estimate of drug-likeness (QED) is 0.832. The smallest absolute Gasteiger partial charge is 0.271 e. The highest BCUT2D eigenvalue weighted by atomic mass is 16.5. The van der Waals surface area contributed by atoms with Gasteiger partial charge in [-0.15, -0.1) is 0 Å². The van der Waals surface area contributed by atoms with Crippen LogP contribution in [0.5, 0.6) is 0 Å². The molecule has 1 aliphatic heterocycles. The van der Waals surface area contributed by atoms with Gasteiger partial charge in [-0.2, -0.15) is 5.10 Å². The SMILES string of the molecule is CC(C)c1cc(C(=O)NCC2CCCO2)n[nH]1. The highest BCUT2D eigenvalue weighted by molar-refractivity contribution is 5.92. The third-order valence-corrected chi connectivity index (χ3v) is 2.97. The molecule has 0 spiro atoms. The van der Waals surface area contributed by atoms with Crippen molar-refractivity contribution in [3.8, 4) is 0 Å². The van der Waals surface area contributed by atoms with Gasteiger partial charge in [0.1, 0.15) is 5.69 Å². The first-order valence-corrected chi connectivity index (χ1v) is 6.12. The maximum absolute atomic E-state index is 11.8. The molecule has 0 bridgehead atoms. The first-order valence-electron chi connectivity index (χ1n) is 6.12. The van der Waals surface area contributed by atoms with Crippen LogP contribution in [0.4, 0.5) is 0 Å². The van der Waals surface area contributed by atoms with E-state index in [2.05, 4.69) is 29.4 Å². The fraction of sp³-hybridized carbons (Fsp3) is 0.667. The predicted octanol–water partition coefficient (Wildman–Crippen LogP) is 1.44. The zero-order valence-corrected chi connectivity index (χ0v) is 10.3. The van der Waals surface area contributed by atoms with Crippen molar-refractivity contribution < 1.29 is 9.53 Å². The molecule has 1 unspecified atom stereocenters. The molecule has 17 heavy (non-hydrogen) atoms. The molecule has 1 atom stereocenters. The van der Waals surface area contributed by atoms with Gasteiger partial charge in [0.2, 0.25) is 0 Å². The van der Waals surface area contributed by atoms with Crippen molar-refractivity contribution in [2.24, 2.45) is 0 Å². The zero-order chi connectivity index (χ0) is 12.3. The van der Waals surface area contributed by atoms with Gasteiger partial charge in [-0.1, -0.05) is 13.8 Å². The molecule has 1 aromatic rings. The van der Waals surface area contributed by atoms with E-state index in [1.807, 2.05) is 0 Å². The second kappa shape index (κ2) is 5.31. The molecule has 2 N–H and O–H groups in total. The minimum Gasteiger partial charge on any atom is -0.376 e. The van der Waals surface area contributed by atoms with E-state index in [1.54, 1.807) is 6.07 Å². The van der Waals surface area contributed by atoms with Gasteiger partial charge in [-0.3, -0.25) is 9.89 Å². The van der Waals surface area contributed by atoms with Gasteiger partial charge in [0.15, 0.2) is 0 Å². The first-order chi connectivity index (χ1) is 8.16. The number of aromatic nitrogens is 2. The van der Waals surface area contributed by atoms with Crippen LogP contribution in [0.1, 0.15) is 48.8 Å². The number of amides is 1. The molecule has 1 saturated heterocycles. The molecule has 1 amide bonds. The van der Waals surface area contributed by atoms with Crippen LogP contribution in [0.15, 0.2) is 6.07 Å². The van der Waals surface area contributed by atoms with Gasteiger partial charge in [0.05, 0.1) is 6.10 Å². The average Bonchev–Trinajstić information content (AvgIpc) is 2.96. The molecule has 5 nitrogen and oxygen atoms in total. The van der Waals surface area contributed by atoms with Crippen LogP contribution in [-0.4, -0.2) is 35.4 Å². The lowest BCUT2D eigenvalue weighted by atomic mass is 10.1. The Morgan fingerprint density at radius 1 is 1.71 bits per heavy atom. The van der Waals surface area contributed by atoms with Crippen molar-refractivity contribution in [1.82, 2.24) is 15.5 Å². The maximum Gasteiger partial charge on any atom is 0.271 e. The van der Waals surface area contributed by atoms with Crippen molar-refractivity contribution >= 4 is 5.91 Å². The molecule has 0 radical (unpaired) electrons. The largest absolute Gasteiger partial charge is 0.376 e. The number of aromatic amines is 1. The van der Waals surface area contributed by atoms with Crippen molar-refractivity contribution in [2.45, 2.75) is 38.7 Å². The van der Waals surface area contributed by atoms with Crippen LogP contribution in [0.25, 0.3) is 0 Å². The number of carbonyl (C=O) groups excluding carboxylic acids is 1. The topological polar surface area (TPSA) is 67.0 Å². The molecule has 0 aliphatic carbocycles. The predicted molar refractivity (Wildman–Crippen MR) is 64.0 cm³/mol. The molecular formula is C12H19N3O2. The Morgan fingerprint density at radius 3 is 3.12 bits per heavy atom. The lowest BCUT2D eigenvalue weighted by molar-refractivity contribution is 0.0853. The van der Waals surface area contributed by atoms with Crippen LogP contribution in [0, 0.1) is 0 Å². The number of nitrogens with one attached hydrogen (secondary N) is 2. The van der Waals surface area contributed by atoms with Crippen LogP contribution in [0.2, 0.25) is 0 Å². The average molecular weight is 237 g/mol. The third-order valence-electron chi connectivity index (χ3n) is 2.97. The van der Waals surface area contributed by atoms with Crippen molar-refractivity contribution in [3.05, 3.63) is 17.5 Å². The molecule has 1 aromatic heterocycles. The lowest BCUT2D eigenvalue weighted by Gasteiger charge is -2.09. The summed E-state index contributed by atoms with van der Waals surface area (Å²) in [5, 5.41) is 9.72. The summed E-state index contributed by atoms with van der Waals surface area (Å²) in [7, 11) is 0. The number of H-pyrrole nitrogens is 1. The van der Waals surface area contributed by atoms with Gasteiger partial charge in [0.25, 0.3) is 5.91 Å². The summed E-state index contributed by atoms with van der Waals surface area (Å²) >= 11 is 0. The minimum absolute atomic E-state index is 0.136.